The summed E-state index contributed by atoms with van der Waals surface area (Å²) < 4.78 is 0. The number of aliphatic hydroxyl groups is 1. The Labute approximate surface area is 114 Å². The van der Waals surface area contributed by atoms with Crippen LogP contribution in [0.15, 0.2) is 18.5 Å². The predicted molar refractivity (Wildman–Crippen MR) is 73.9 cm³/mol. The van der Waals surface area contributed by atoms with Crippen LogP contribution in [0.4, 0.5) is 0 Å². The van der Waals surface area contributed by atoms with Crippen molar-refractivity contribution in [3.8, 4) is 0 Å². The Morgan fingerprint density at radius 1 is 1.42 bits per heavy atom. The van der Waals surface area contributed by atoms with Gasteiger partial charge in [0, 0.05) is 30.6 Å². The Morgan fingerprint density at radius 3 is 2.79 bits per heavy atom. The average molecular weight is 262 g/mol. The highest BCUT2D eigenvalue weighted by Crippen LogP contribution is 2.24. The summed E-state index contributed by atoms with van der Waals surface area (Å²) in [6, 6.07) is 2.03. The minimum absolute atomic E-state index is 0.00620. The minimum atomic E-state index is 0.00620. The number of nitrogens with one attached hydrogen (secondary N) is 1. The second-order valence-electron chi connectivity index (χ2n) is 5.26. The molecule has 1 aliphatic carbocycles. The molecule has 1 aromatic heterocycles. The zero-order valence-corrected chi connectivity index (χ0v) is 11.4. The zero-order chi connectivity index (χ0) is 13.7. The number of aryl methyl sites for hydroxylation is 1. The predicted octanol–water partition coefficient (Wildman–Crippen LogP) is 1.92. The molecule has 0 bridgehead atoms. The van der Waals surface area contributed by atoms with Crippen LogP contribution in [-0.4, -0.2) is 28.6 Å². The number of pyridine rings is 1. The maximum atomic E-state index is 12.3. The first kappa shape index (κ1) is 14.0. The molecular weight excluding hydrogens is 240 g/mol. The van der Waals surface area contributed by atoms with Crippen LogP contribution in [0.3, 0.4) is 0 Å². The molecule has 0 aromatic carbocycles. The van der Waals surface area contributed by atoms with Crippen LogP contribution in [0.1, 0.15) is 48.5 Å². The van der Waals surface area contributed by atoms with E-state index < -0.39 is 0 Å². The molecule has 1 saturated carbocycles. The quantitative estimate of drug-likeness (QED) is 0.871. The molecule has 2 N–H and O–H groups in total. The summed E-state index contributed by atoms with van der Waals surface area (Å²) in [6.45, 7) is 2.30. The number of amides is 1. The van der Waals surface area contributed by atoms with Gasteiger partial charge in [-0.05, 0) is 49.7 Å². The van der Waals surface area contributed by atoms with Gasteiger partial charge in [-0.15, -0.1) is 0 Å². The third-order valence-electron chi connectivity index (χ3n) is 3.97. The number of aliphatic hydroxyl groups excluding tert-OH is 1. The monoisotopic (exact) mass is 262 g/mol. The second kappa shape index (κ2) is 6.66. The number of nitrogens with zero attached hydrogens (tertiary/aromatic N) is 1. The number of rotatable bonds is 4. The van der Waals surface area contributed by atoms with E-state index in [1.54, 1.807) is 18.5 Å². The molecular formula is C15H22N2O2. The highest BCUT2D eigenvalue weighted by Gasteiger charge is 2.22. The van der Waals surface area contributed by atoms with Crippen molar-refractivity contribution >= 4 is 5.91 Å². The summed E-state index contributed by atoms with van der Waals surface area (Å²) in [5.41, 5.74) is 1.73. The van der Waals surface area contributed by atoms with Crippen LogP contribution in [0, 0.1) is 5.92 Å². The topological polar surface area (TPSA) is 62.2 Å². The number of aromatic nitrogens is 1. The Morgan fingerprint density at radius 2 is 2.16 bits per heavy atom. The largest absolute Gasteiger partial charge is 0.396 e. The standard InChI is InChI=1S/C15H22N2O2/c1-2-12-9-16-8-7-14(12)15(19)17-13-5-3-11(10-18)4-6-13/h7-9,11,13,18H,2-6,10H2,1H3,(H,17,19). The van der Waals surface area contributed by atoms with Crippen molar-refractivity contribution in [3.05, 3.63) is 29.6 Å². The molecule has 1 amide bonds. The molecule has 0 radical (unpaired) electrons. The van der Waals surface area contributed by atoms with E-state index >= 15 is 0 Å². The van der Waals surface area contributed by atoms with Crippen LogP contribution < -0.4 is 5.32 Å². The van der Waals surface area contributed by atoms with E-state index in [1.165, 1.54) is 0 Å². The van der Waals surface area contributed by atoms with Gasteiger partial charge in [-0.2, -0.15) is 0 Å². The summed E-state index contributed by atoms with van der Waals surface area (Å²) in [7, 11) is 0. The Balaban J connectivity index is 1.94. The normalized spacial score (nSPS) is 23.1. The fourth-order valence-electron chi connectivity index (χ4n) is 2.68. The number of hydrogen-bond donors (Lipinski definition) is 2. The van der Waals surface area contributed by atoms with Crippen LogP contribution in [-0.2, 0) is 6.42 Å². The number of hydrogen-bond acceptors (Lipinski definition) is 3. The molecule has 104 valence electrons. The Hall–Kier alpha value is -1.42. The van der Waals surface area contributed by atoms with Crippen molar-refractivity contribution < 1.29 is 9.90 Å². The van der Waals surface area contributed by atoms with Crippen LogP contribution in [0.5, 0.6) is 0 Å². The Bertz CT molecular complexity index is 426. The van der Waals surface area contributed by atoms with Crippen molar-refractivity contribution in [2.75, 3.05) is 6.61 Å². The van der Waals surface area contributed by atoms with E-state index in [2.05, 4.69) is 10.3 Å². The van der Waals surface area contributed by atoms with Gasteiger partial charge in [-0.25, -0.2) is 0 Å². The van der Waals surface area contributed by atoms with E-state index in [0.29, 0.717) is 5.92 Å². The summed E-state index contributed by atoms with van der Waals surface area (Å²) in [5, 5.41) is 12.2. The van der Waals surface area contributed by atoms with Gasteiger partial charge in [0.2, 0.25) is 0 Å². The lowest BCUT2D eigenvalue weighted by Crippen LogP contribution is -2.38. The molecule has 1 heterocycles. The highest BCUT2D eigenvalue weighted by atomic mass is 16.3. The summed E-state index contributed by atoms with van der Waals surface area (Å²) in [4.78, 5) is 16.3. The van der Waals surface area contributed by atoms with Gasteiger partial charge in [0.1, 0.15) is 0 Å². The molecule has 1 fully saturated rings. The van der Waals surface area contributed by atoms with Crippen molar-refractivity contribution in [3.63, 3.8) is 0 Å². The van der Waals surface area contributed by atoms with E-state index in [-0.39, 0.29) is 18.6 Å². The molecule has 0 aliphatic heterocycles. The summed E-state index contributed by atoms with van der Waals surface area (Å²) in [6.07, 6.45) is 8.16. The van der Waals surface area contributed by atoms with Crippen LogP contribution in [0.2, 0.25) is 0 Å². The SMILES string of the molecule is CCc1cnccc1C(=O)NC1CCC(CO)CC1. The summed E-state index contributed by atoms with van der Waals surface area (Å²) in [5.74, 6) is 0.423. The molecule has 4 heteroatoms. The minimum Gasteiger partial charge on any atom is -0.396 e. The van der Waals surface area contributed by atoms with E-state index in [9.17, 15) is 4.79 Å². The van der Waals surface area contributed by atoms with Gasteiger partial charge in [-0.3, -0.25) is 9.78 Å². The van der Waals surface area contributed by atoms with Crippen LogP contribution >= 0.6 is 0 Å². The first-order valence-corrected chi connectivity index (χ1v) is 7.09. The first-order valence-electron chi connectivity index (χ1n) is 7.09. The molecule has 0 spiro atoms. The molecule has 1 aromatic rings. The van der Waals surface area contributed by atoms with Crippen molar-refractivity contribution in [1.29, 1.82) is 0 Å². The highest BCUT2D eigenvalue weighted by molar-refractivity contribution is 5.95. The fourth-order valence-corrected chi connectivity index (χ4v) is 2.68. The van der Waals surface area contributed by atoms with Crippen LogP contribution in [0.25, 0.3) is 0 Å². The maximum Gasteiger partial charge on any atom is 0.251 e. The van der Waals surface area contributed by atoms with Gasteiger partial charge < -0.3 is 10.4 Å². The van der Waals surface area contributed by atoms with Crippen molar-refractivity contribution in [2.45, 2.75) is 45.1 Å². The molecule has 0 unspecified atom stereocenters. The summed E-state index contributed by atoms with van der Waals surface area (Å²) >= 11 is 0. The lowest BCUT2D eigenvalue weighted by molar-refractivity contribution is 0.0913. The maximum absolute atomic E-state index is 12.3. The second-order valence-corrected chi connectivity index (χ2v) is 5.26. The molecule has 1 aliphatic rings. The average Bonchev–Trinajstić information content (AvgIpc) is 2.48. The van der Waals surface area contributed by atoms with E-state index in [1.807, 2.05) is 6.92 Å². The van der Waals surface area contributed by atoms with Gasteiger partial charge in [0.05, 0.1) is 0 Å². The Kier molecular flexibility index (Phi) is 4.91. The van der Waals surface area contributed by atoms with E-state index in [4.69, 9.17) is 5.11 Å². The van der Waals surface area contributed by atoms with Gasteiger partial charge in [0.25, 0.3) is 5.91 Å². The van der Waals surface area contributed by atoms with Crippen molar-refractivity contribution in [1.82, 2.24) is 10.3 Å². The van der Waals surface area contributed by atoms with Gasteiger partial charge >= 0.3 is 0 Å². The molecule has 0 atom stereocenters. The molecule has 0 saturated heterocycles. The van der Waals surface area contributed by atoms with Gasteiger partial charge in [0.15, 0.2) is 0 Å². The molecule has 19 heavy (non-hydrogen) atoms. The van der Waals surface area contributed by atoms with Crippen molar-refractivity contribution in [2.24, 2.45) is 5.92 Å². The third kappa shape index (κ3) is 3.53. The van der Waals surface area contributed by atoms with E-state index in [0.717, 1.165) is 43.2 Å². The lowest BCUT2D eigenvalue weighted by atomic mass is 9.86. The first-order chi connectivity index (χ1) is 9.24. The molecule has 4 nitrogen and oxygen atoms in total. The third-order valence-corrected chi connectivity index (χ3v) is 3.97. The van der Waals surface area contributed by atoms with Gasteiger partial charge in [-0.1, -0.05) is 6.92 Å². The molecule has 2 rings (SSSR count). The zero-order valence-electron chi connectivity index (χ0n) is 11.4. The lowest BCUT2D eigenvalue weighted by Gasteiger charge is -2.28. The number of carbonyl (C=O) groups is 1. The fraction of sp³-hybridized carbons (Fsp3) is 0.600. The number of carbonyl (C=O) groups excluding carboxylic acids is 1. The smallest absolute Gasteiger partial charge is 0.251 e.